The van der Waals surface area contributed by atoms with Crippen molar-refractivity contribution in [3.05, 3.63) is 59.3 Å². The van der Waals surface area contributed by atoms with Crippen LogP contribution in [0.2, 0.25) is 19.6 Å². The van der Waals surface area contributed by atoms with Crippen LogP contribution < -0.4 is 9.75 Å². The molecule has 0 bridgehead atoms. The van der Waals surface area contributed by atoms with Crippen molar-refractivity contribution in [3.63, 3.8) is 0 Å². The van der Waals surface area contributed by atoms with E-state index in [-0.39, 0.29) is 10.8 Å². The second-order valence-corrected chi connectivity index (χ2v) is 17.0. The highest BCUT2D eigenvalue weighted by Crippen LogP contribution is 2.38. The van der Waals surface area contributed by atoms with Gasteiger partial charge in [-0.3, -0.25) is 0 Å². The third-order valence-electron chi connectivity index (χ3n) is 6.26. The maximum Gasteiger partial charge on any atom is 0.220 e. The normalized spacial score (nSPS) is 13.6. The second-order valence-electron chi connectivity index (χ2n) is 11.9. The van der Waals surface area contributed by atoms with Crippen LogP contribution in [0.1, 0.15) is 59.6 Å². The topological polar surface area (TPSA) is 3.88 Å². The summed E-state index contributed by atoms with van der Waals surface area (Å²) in [5, 5.41) is 3.85. The summed E-state index contributed by atoms with van der Waals surface area (Å²) in [4.78, 5) is 0. The lowest BCUT2D eigenvalue weighted by Crippen LogP contribution is -2.37. The van der Waals surface area contributed by atoms with Gasteiger partial charge in [-0.2, -0.15) is 0 Å². The third-order valence-corrected chi connectivity index (χ3v) is 8.30. The molecule has 0 N–H and O–H groups in total. The van der Waals surface area contributed by atoms with Gasteiger partial charge in [-0.15, -0.1) is 0 Å². The van der Waals surface area contributed by atoms with Gasteiger partial charge in [0.1, 0.15) is 8.42 Å². The van der Waals surface area contributed by atoms with Crippen LogP contribution in [0.3, 0.4) is 0 Å². The molecule has 0 aliphatic carbocycles. The third kappa shape index (κ3) is 4.25. The fourth-order valence-corrected chi connectivity index (χ4v) is 5.45. The number of rotatable bonds is 2. The molecule has 0 saturated carbocycles. The average Bonchev–Trinajstić information content (AvgIpc) is 2.60. The maximum atomic E-state index is 8.72. The van der Waals surface area contributed by atoms with Crippen LogP contribution >= 0.6 is 0 Å². The summed E-state index contributed by atoms with van der Waals surface area (Å²) >= 11 is 0. The van der Waals surface area contributed by atoms with Gasteiger partial charge in [0.25, 0.3) is 0 Å². The molecule has 0 spiro atoms. The number of hydrogen-bond donors (Lipinski definition) is 0. The molecule has 0 atom stereocenters. The first-order valence-corrected chi connectivity index (χ1v) is 14.6. The lowest BCUT2D eigenvalue weighted by molar-refractivity contribution is -0.659. The Bertz CT molecular complexity index is 1160. The molecule has 0 saturated heterocycles. The van der Waals surface area contributed by atoms with Crippen LogP contribution in [0, 0.1) is 6.92 Å². The Morgan fingerprint density at radius 1 is 0.867 bits per heavy atom. The van der Waals surface area contributed by atoms with Gasteiger partial charge in [-0.05, 0) is 52.0 Å². The summed E-state index contributed by atoms with van der Waals surface area (Å²) in [7, 11) is 0.606. The highest BCUT2D eigenvalue weighted by molar-refractivity contribution is 6.88. The molecule has 30 heavy (non-hydrogen) atoms. The first kappa shape index (κ1) is 21.3. The van der Waals surface area contributed by atoms with Gasteiger partial charge in [-0.1, -0.05) is 84.6 Å². The van der Waals surface area contributed by atoms with Crippen molar-refractivity contribution >= 4 is 24.0 Å². The molecule has 0 aliphatic rings. The zero-order chi connectivity index (χ0) is 23.5. The van der Waals surface area contributed by atoms with Crippen LogP contribution in [0.4, 0.5) is 0 Å². The molecular formula is C28H40NSi+. The quantitative estimate of drug-likeness (QED) is 0.318. The van der Waals surface area contributed by atoms with Crippen molar-refractivity contribution in [1.29, 1.82) is 0 Å². The van der Waals surface area contributed by atoms with Gasteiger partial charge in [0.15, 0.2) is 6.17 Å². The highest BCUT2D eigenvalue weighted by atomic mass is 28.3. The van der Waals surface area contributed by atoms with Crippen molar-refractivity contribution in [2.24, 2.45) is 7.05 Å². The minimum Gasteiger partial charge on any atom is -0.200 e. The fourth-order valence-electron chi connectivity index (χ4n) is 4.27. The van der Waals surface area contributed by atoms with Crippen LogP contribution in [-0.4, -0.2) is 8.07 Å². The summed E-state index contributed by atoms with van der Waals surface area (Å²) in [5.41, 5.74) is 6.56. The summed E-state index contributed by atoms with van der Waals surface area (Å²) in [6.07, 6.45) is 0.549. The minimum atomic E-state index is -1.42. The van der Waals surface area contributed by atoms with Crippen molar-refractivity contribution in [2.75, 3.05) is 0 Å². The monoisotopic (exact) mass is 419 g/mol. The zero-order valence-electron chi connectivity index (χ0n) is 21.9. The van der Waals surface area contributed by atoms with Crippen LogP contribution in [0.25, 0.3) is 22.0 Å². The average molecular weight is 420 g/mol. The van der Waals surface area contributed by atoms with E-state index in [1.165, 1.54) is 38.2 Å². The zero-order valence-corrected chi connectivity index (χ0v) is 21.9. The maximum absolute atomic E-state index is 8.72. The molecule has 1 heterocycles. The lowest BCUT2D eigenvalue weighted by Gasteiger charge is -2.28. The molecule has 1 aromatic heterocycles. The molecule has 2 heteroatoms. The van der Waals surface area contributed by atoms with Crippen molar-refractivity contribution in [3.8, 4) is 11.3 Å². The Morgan fingerprint density at radius 3 is 2.03 bits per heavy atom. The van der Waals surface area contributed by atoms with E-state index in [0.29, 0.717) is 6.17 Å². The van der Waals surface area contributed by atoms with Crippen molar-refractivity contribution < 1.29 is 5.94 Å². The van der Waals surface area contributed by atoms with E-state index in [9.17, 15) is 0 Å². The van der Waals surface area contributed by atoms with Crippen LogP contribution in [0.15, 0.2) is 42.6 Å². The van der Waals surface area contributed by atoms with E-state index < -0.39 is 8.07 Å². The Hall–Kier alpha value is -1.93. The van der Waals surface area contributed by atoms with E-state index in [1.54, 1.807) is 0 Å². The Kier molecular flexibility index (Phi) is 5.21. The number of pyridine rings is 1. The fraction of sp³-hybridized carbons (Fsp3) is 0.464. The first-order chi connectivity index (χ1) is 14.0. The van der Waals surface area contributed by atoms with Crippen molar-refractivity contribution in [2.45, 2.75) is 78.9 Å². The predicted molar refractivity (Wildman–Crippen MR) is 136 cm³/mol. The molecule has 160 valence electrons. The SMILES string of the molecule is [2H]c1cc2cc([Si](C)(C)C)ccc2c(-c2cc(C(C)(C)C)cc(C(C)(C)C)c2C)[n+]1C. The van der Waals surface area contributed by atoms with Gasteiger partial charge in [0.2, 0.25) is 5.69 Å². The number of fused-ring (bicyclic) bond motifs is 1. The first-order valence-electron chi connectivity index (χ1n) is 11.6. The summed E-state index contributed by atoms with van der Waals surface area (Å²) < 4.78 is 10.8. The number of aromatic nitrogens is 1. The Labute approximate surface area is 186 Å². The molecule has 1 nitrogen and oxygen atoms in total. The number of hydrogen-bond acceptors (Lipinski definition) is 0. The van der Waals surface area contributed by atoms with Crippen LogP contribution in [0.5, 0.6) is 0 Å². The largest absolute Gasteiger partial charge is 0.220 e. The number of nitrogens with zero attached hydrogens (tertiary/aromatic N) is 1. The van der Waals surface area contributed by atoms with E-state index in [2.05, 4.69) is 103 Å². The Morgan fingerprint density at radius 2 is 1.50 bits per heavy atom. The van der Waals surface area contributed by atoms with E-state index in [4.69, 9.17) is 1.37 Å². The molecule has 0 aliphatic heterocycles. The van der Waals surface area contributed by atoms with Gasteiger partial charge >= 0.3 is 0 Å². The molecule has 2 aromatic carbocycles. The molecule has 3 aromatic rings. The molecule has 0 amide bonds. The van der Waals surface area contributed by atoms with Gasteiger partial charge in [-0.25, -0.2) is 4.57 Å². The van der Waals surface area contributed by atoms with Gasteiger partial charge in [0.05, 0.1) is 19.0 Å². The standard InChI is InChI=1S/C28H40NSi/c1-19-24(17-21(27(2,3)4)18-25(19)28(5,6)7)26-23-13-12-22(30(9,10)11)16-20(23)14-15-29(26)8/h12-18H,1-11H3/q+1/i15D. The molecule has 0 radical (unpaired) electrons. The smallest absolute Gasteiger partial charge is 0.200 e. The Balaban J connectivity index is 2.47. The second kappa shape index (κ2) is 7.34. The van der Waals surface area contributed by atoms with Crippen LogP contribution in [-0.2, 0) is 17.9 Å². The molecular weight excluding hydrogens is 378 g/mol. The molecule has 0 unspecified atom stereocenters. The minimum absolute atomic E-state index is 0.0536. The van der Waals surface area contributed by atoms with Crippen molar-refractivity contribution in [1.82, 2.24) is 0 Å². The number of benzene rings is 2. The predicted octanol–water partition coefficient (Wildman–Crippen LogP) is 6.78. The summed E-state index contributed by atoms with van der Waals surface area (Å²) in [6.45, 7) is 23.1. The highest BCUT2D eigenvalue weighted by Gasteiger charge is 2.27. The van der Waals surface area contributed by atoms with Gasteiger partial charge in [0, 0.05) is 6.07 Å². The van der Waals surface area contributed by atoms with E-state index >= 15 is 0 Å². The summed E-state index contributed by atoms with van der Waals surface area (Å²) in [5.74, 6) is 0. The summed E-state index contributed by atoms with van der Waals surface area (Å²) in [6, 6.07) is 13.7. The van der Waals surface area contributed by atoms with E-state index in [1.807, 2.05) is 13.1 Å². The lowest BCUT2D eigenvalue weighted by atomic mass is 9.76. The van der Waals surface area contributed by atoms with Gasteiger partial charge < -0.3 is 0 Å². The molecule has 3 rings (SSSR count). The van der Waals surface area contributed by atoms with E-state index in [0.717, 1.165) is 5.69 Å². The molecule has 0 fully saturated rings.